The van der Waals surface area contributed by atoms with E-state index in [0.717, 1.165) is 0 Å². The molecule has 6 amide bonds. The lowest BCUT2D eigenvalue weighted by atomic mass is 9.79. The SMILES string of the molecule is C=CC(=O)N1C[C@H](C)N(C2NC(=O)N3C4NC(C(=O)N(C)C(C)C(=O)NC(C)C(=O)N(C)C5CCNC(C(C)C)C53)C(F)CC42)C[C@H]1C. The van der Waals surface area contributed by atoms with E-state index in [-0.39, 0.29) is 48.3 Å². The summed E-state index contributed by atoms with van der Waals surface area (Å²) in [5, 5.41) is 12.9. The fourth-order valence-electron chi connectivity index (χ4n) is 8.59. The number of halogens is 1. The Labute approximate surface area is 283 Å². The number of urea groups is 1. The normalized spacial score (nSPS) is 40.2. The molecule has 5 aliphatic rings. The molecule has 10 unspecified atom stereocenters. The summed E-state index contributed by atoms with van der Waals surface area (Å²) in [7, 11) is 3.16. The Morgan fingerprint density at radius 3 is 2.29 bits per heavy atom. The number of piperidine rings is 2. The van der Waals surface area contributed by atoms with Gasteiger partial charge in [-0.2, -0.15) is 0 Å². The Bertz CT molecular complexity index is 1300. The molecule has 0 saturated carbocycles. The van der Waals surface area contributed by atoms with Crippen molar-refractivity contribution in [3.63, 3.8) is 0 Å². The Morgan fingerprint density at radius 2 is 1.65 bits per heavy atom. The number of alkyl halides is 1. The predicted molar refractivity (Wildman–Crippen MR) is 177 cm³/mol. The van der Waals surface area contributed by atoms with Crippen LogP contribution in [0.1, 0.15) is 54.4 Å². The highest BCUT2D eigenvalue weighted by atomic mass is 19.1. The van der Waals surface area contributed by atoms with Gasteiger partial charge in [0.05, 0.1) is 24.4 Å². The maximum atomic E-state index is 16.4. The Kier molecular flexibility index (Phi) is 10.4. The summed E-state index contributed by atoms with van der Waals surface area (Å²) in [5.41, 5.74) is 0. The summed E-state index contributed by atoms with van der Waals surface area (Å²) in [6.45, 7) is 16.3. The molecule has 14 nitrogen and oxygen atoms in total. The molecule has 0 aliphatic carbocycles. The number of hydrogen-bond acceptors (Lipinski definition) is 8. The quantitative estimate of drug-likeness (QED) is 0.297. The Morgan fingerprint density at radius 1 is 0.958 bits per heavy atom. The molecule has 0 aromatic heterocycles. The van der Waals surface area contributed by atoms with Gasteiger partial charge in [-0.15, -0.1) is 0 Å². The Balaban J connectivity index is 1.61. The number of rotatable bonds is 3. The minimum Gasteiger partial charge on any atom is -0.343 e. The topological polar surface area (TPSA) is 150 Å². The van der Waals surface area contributed by atoms with Gasteiger partial charge < -0.3 is 35.6 Å². The molecular weight excluding hydrogens is 621 g/mol. The van der Waals surface area contributed by atoms with Crippen LogP contribution in [0.15, 0.2) is 12.7 Å². The third-order valence-corrected chi connectivity index (χ3v) is 11.4. The first kappa shape index (κ1) is 36.0. The second-order valence-corrected chi connectivity index (χ2v) is 14.8. The molecule has 268 valence electrons. The Hall–Kier alpha value is -3.30. The molecule has 5 aliphatic heterocycles. The van der Waals surface area contributed by atoms with Crippen molar-refractivity contribution in [2.45, 2.75) is 121 Å². The maximum absolute atomic E-state index is 16.4. The van der Waals surface area contributed by atoms with Crippen molar-refractivity contribution in [2.24, 2.45) is 11.8 Å². The van der Waals surface area contributed by atoms with Gasteiger partial charge in [-0.05, 0) is 59.1 Å². The third kappa shape index (κ3) is 6.28. The minimum atomic E-state index is -1.61. The first-order valence-corrected chi connectivity index (χ1v) is 17.3. The summed E-state index contributed by atoms with van der Waals surface area (Å²) in [4.78, 5) is 76.7. The van der Waals surface area contributed by atoms with Crippen LogP contribution in [-0.2, 0) is 19.2 Å². The number of hydrogen-bond donors (Lipinski definition) is 4. The van der Waals surface area contributed by atoms with Crippen LogP contribution in [0, 0.1) is 11.8 Å². The summed E-state index contributed by atoms with van der Waals surface area (Å²) in [6.07, 6.45) is -1.15. The van der Waals surface area contributed by atoms with Gasteiger partial charge >= 0.3 is 6.03 Å². The van der Waals surface area contributed by atoms with Crippen LogP contribution in [0.4, 0.5) is 9.18 Å². The summed E-state index contributed by atoms with van der Waals surface area (Å²) in [5.74, 6) is -2.03. The smallest absolute Gasteiger partial charge is 0.320 e. The van der Waals surface area contributed by atoms with Crippen molar-refractivity contribution in [2.75, 3.05) is 33.7 Å². The van der Waals surface area contributed by atoms with Crippen LogP contribution in [0.25, 0.3) is 0 Å². The van der Waals surface area contributed by atoms with Crippen LogP contribution in [0.3, 0.4) is 0 Å². The van der Waals surface area contributed by atoms with Gasteiger partial charge in [-0.3, -0.25) is 29.4 Å². The van der Waals surface area contributed by atoms with Crippen LogP contribution < -0.4 is 21.3 Å². The molecule has 5 fully saturated rings. The molecule has 15 heteroatoms. The highest BCUT2D eigenvalue weighted by molar-refractivity contribution is 5.93. The predicted octanol–water partition coefficient (Wildman–Crippen LogP) is -0.334. The van der Waals surface area contributed by atoms with Crippen molar-refractivity contribution < 1.29 is 28.4 Å². The van der Waals surface area contributed by atoms with Crippen LogP contribution in [0.2, 0.25) is 0 Å². The molecule has 0 aromatic rings. The molecule has 5 rings (SSSR count). The number of amides is 6. The molecule has 5 saturated heterocycles. The maximum Gasteiger partial charge on any atom is 0.320 e. The van der Waals surface area contributed by atoms with Crippen LogP contribution in [0.5, 0.6) is 0 Å². The van der Waals surface area contributed by atoms with Crippen molar-refractivity contribution in [3.8, 4) is 0 Å². The molecule has 48 heavy (non-hydrogen) atoms. The van der Waals surface area contributed by atoms with E-state index in [1.165, 1.54) is 18.0 Å². The molecule has 12 atom stereocenters. The van der Waals surface area contributed by atoms with Gasteiger partial charge in [-0.1, -0.05) is 20.4 Å². The largest absolute Gasteiger partial charge is 0.343 e. The number of carbonyl (C=O) groups is 5. The van der Waals surface area contributed by atoms with Crippen molar-refractivity contribution >= 4 is 29.7 Å². The van der Waals surface area contributed by atoms with E-state index in [4.69, 9.17) is 0 Å². The number of likely N-dealkylation sites (N-methyl/N-ethyl adjacent to an activating group) is 2. The van der Waals surface area contributed by atoms with Gasteiger partial charge in [0.15, 0.2) is 0 Å². The minimum absolute atomic E-state index is 0.0280. The number of fused-ring (bicyclic) bond motifs is 3. The molecule has 0 aromatic carbocycles. The summed E-state index contributed by atoms with van der Waals surface area (Å²) >= 11 is 0. The molecule has 2 bridgehead atoms. The number of piperazine rings is 1. The molecule has 0 spiro atoms. The molecule has 0 radical (unpaired) electrons. The van der Waals surface area contributed by atoms with E-state index >= 15 is 4.39 Å². The third-order valence-electron chi connectivity index (χ3n) is 11.4. The fraction of sp³-hybridized carbons (Fsp3) is 0.788. The average Bonchev–Trinajstić information content (AvgIpc) is 3.05. The second kappa shape index (κ2) is 13.9. The summed E-state index contributed by atoms with van der Waals surface area (Å²) < 4.78 is 16.4. The zero-order valence-corrected chi connectivity index (χ0v) is 29.5. The molecular formula is C33H54FN9O5. The fourth-order valence-corrected chi connectivity index (χ4v) is 8.59. The monoisotopic (exact) mass is 675 g/mol. The molecule has 5 heterocycles. The average molecular weight is 676 g/mol. The van der Waals surface area contributed by atoms with E-state index in [9.17, 15) is 24.0 Å². The van der Waals surface area contributed by atoms with E-state index in [0.29, 0.717) is 26.1 Å². The highest BCUT2D eigenvalue weighted by Crippen LogP contribution is 2.38. The number of nitrogens with zero attached hydrogens (tertiary/aromatic N) is 5. The lowest BCUT2D eigenvalue weighted by Crippen LogP contribution is -2.81. The lowest BCUT2D eigenvalue weighted by molar-refractivity contribution is -0.150. The lowest BCUT2D eigenvalue weighted by Gasteiger charge is -2.60. The van der Waals surface area contributed by atoms with Gasteiger partial charge in [0.1, 0.15) is 24.3 Å². The number of carbonyl (C=O) groups excluding carboxylic acids is 5. The van der Waals surface area contributed by atoms with E-state index in [2.05, 4.69) is 46.6 Å². The van der Waals surface area contributed by atoms with Gasteiger partial charge in [0.2, 0.25) is 23.6 Å². The first-order valence-electron chi connectivity index (χ1n) is 17.3. The van der Waals surface area contributed by atoms with E-state index in [1.54, 1.807) is 35.6 Å². The van der Waals surface area contributed by atoms with E-state index < -0.39 is 66.4 Å². The van der Waals surface area contributed by atoms with Gasteiger partial charge in [-0.25, -0.2) is 9.18 Å². The van der Waals surface area contributed by atoms with Crippen LogP contribution in [-0.4, -0.2) is 155 Å². The van der Waals surface area contributed by atoms with Crippen molar-refractivity contribution in [1.82, 2.24) is 45.8 Å². The summed E-state index contributed by atoms with van der Waals surface area (Å²) in [6, 6.07) is -5.08. The molecule has 4 N–H and O–H groups in total. The zero-order valence-electron chi connectivity index (χ0n) is 29.5. The van der Waals surface area contributed by atoms with Gasteiger partial charge in [0.25, 0.3) is 0 Å². The van der Waals surface area contributed by atoms with Crippen molar-refractivity contribution in [1.29, 1.82) is 0 Å². The van der Waals surface area contributed by atoms with E-state index in [1.807, 2.05) is 13.8 Å². The first-order chi connectivity index (χ1) is 22.6. The second-order valence-electron chi connectivity index (χ2n) is 14.8. The highest BCUT2D eigenvalue weighted by Gasteiger charge is 2.57. The van der Waals surface area contributed by atoms with Crippen LogP contribution >= 0.6 is 0 Å². The van der Waals surface area contributed by atoms with Gasteiger partial charge in [0, 0.05) is 51.2 Å². The standard InChI is InChI=1S/C33H54FN9O5/c1-10-24(44)41-14-18(5)42(15-17(41)4)28-21-13-22(34)26-32(47)39(8)20(7)30(45)36-19(6)31(46)40(9)23-11-12-35-25(16(2)3)27(23)43(29(21)37-26)33(48)38-28/h10,16-23,25-29,35,37H,1,11-15H2,2-9H3,(H,36,45)(H,38,48)/t17-,18+,19?,20?,21?,22?,23?,25?,26?,27?,28?,29?/m1/s1. The zero-order chi connectivity index (χ0) is 35.4. The number of nitrogens with one attached hydrogen (secondary N) is 4. The van der Waals surface area contributed by atoms with Crippen molar-refractivity contribution in [3.05, 3.63) is 12.7 Å².